The molecule has 0 radical (unpaired) electrons. The average Bonchev–Trinajstić information content (AvgIpc) is 2.63. The van der Waals surface area contributed by atoms with Crippen LogP contribution in [0.25, 0.3) is 5.57 Å². The Morgan fingerprint density at radius 1 is 1.06 bits per heavy atom. The lowest BCUT2D eigenvalue weighted by Crippen LogP contribution is -2.24. The van der Waals surface area contributed by atoms with Crippen LogP contribution < -0.4 is 0 Å². The van der Waals surface area contributed by atoms with E-state index in [1.807, 2.05) is 0 Å². The Morgan fingerprint density at radius 2 is 1.72 bits per heavy atom. The predicted molar refractivity (Wildman–Crippen MR) is 89.4 cm³/mol. The topological polar surface area (TPSA) is 0 Å². The van der Waals surface area contributed by atoms with Crippen LogP contribution in [0, 0.1) is 0 Å². The molecule has 1 atom stereocenters. The van der Waals surface area contributed by atoms with Crippen molar-refractivity contribution in [3.63, 3.8) is 0 Å². The highest BCUT2D eigenvalue weighted by Gasteiger charge is 2.38. The first-order chi connectivity index (χ1) is 8.69. The van der Waals surface area contributed by atoms with E-state index < -0.39 is 0 Å². The summed E-state index contributed by atoms with van der Waals surface area (Å²) in [7, 11) is 0. The van der Waals surface area contributed by atoms with Crippen LogP contribution in [0.15, 0.2) is 29.8 Å². The van der Waals surface area contributed by atoms with Crippen LogP contribution in [0.3, 0.4) is 0 Å². The zero-order chi connectivity index (χ0) is 13.2. The quantitative estimate of drug-likeness (QED) is 0.467. The van der Waals surface area contributed by atoms with Crippen molar-refractivity contribution < 1.29 is 0 Å². The van der Waals surface area contributed by atoms with Gasteiger partial charge in [-0.1, -0.05) is 86.0 Å². The Labute approximate surface area is 125 Å². The summed E-state index contributed by atoms with van der Waals surface area (Å²) in [4.78, 5) is 0. The van der Waals surface area contributed by atoms with Gasteiger partial charge in [0.1, 0.15) is 0 Å². The number of alkyl halides is 1. The van der Waals surface area contributed by atoms with Gasteiger partial charge in [0, 0.05) is 9.84 Å². The van der Waals surface area contributed by atoms with E-state index in [1.165, 1.54) is 35.7 Å². The third kappa shape index (κ3) is 2.15. The smallest absolute Gasteiger partial charge is 0.0235 e. The fourth-order valence-corrected chi connectivity index (χ4v) is 4.12. The molecule has 0 saturated carbocycles. The summed E-state index contributed by atoms with van der Waals surface area (Å²) >= 11 is 2.56. The van der Waals surface area contributed by atoms with E-state index in [-0.39, 0.29) is 5.41 Å². The van der Waals surface area contributed by atoms with Crippen molar-refractivity contribution in [2.45, 2.75) is 51.9 Å². The van der Waals surface area contributed by atoms with Gasteiger partial charge in [-0.3, -0.25) is 0 Å². The minimum Gasteiger partial charge on any atom is -0.0851 e. The second-order valence-corrected chi connectivity index (χ2v) is 6.23. The van der Waals surface area contributed by atoms with Gasteiger partial charge in [-0.2, -0.15) is 0 Å². The van der Waals surface area contributed by atoms with Crippen LogP contribution in [0.1, 0.15) is 57.6 Å². The number of hydrogen-bond acceptors (Lipinski definition) is 0. The summed E-state index contributed by atoms with van der Waals surface area (Å²) in [5, 5.41) is 0. The third-order valence-electron chi connectivity index (χ3n) is 4.14. The molecule has 1 aliphatic rings. The number of hydrogen-bond donors (Lipinski definition) is 0. The highest BCUT2D eigenvalue weighted by atomic mass is 127. The highest BCUT2D eigenvalue weighted by molar-refractivity contribution is 14.1. The lowest BCUT2D eigenvalue weighted by atomic mass is 9.79. The number of halogens is 1. The maximum Gasteiger partial charge on any atom is 0.0235 e. The fraction of sp³-hybridized carbons (Fsp3) is 0.529. The first kappa shape index (κ1) is 14.1. The van der Waals surface area contributed by atoms with Crippen molar-refractivity contribution in [2.24, 2.45) is 0 Å². The molecule has 0 saturated heterocycles. The lowest BCUT2D eigenvalue weighted by molar-refractivity contribution is 0.620. The Balaban J connectivity index is 2.59. The first-order valence-corrected chi connectivity index (χ1v) is 8.60. The molecule has 0 bridgehead atoms. The molecule has 1 aromatic carbocycles. The molecule has 0 aliphatic heterocycles. The molecule has 1 aliphatic carbocycles. The van der Waals surface area contributed by atoms with Gasteiger partial charge in [0.05, 0.1) is 0 Å². The molecule has 0 heterocycles. The molecule has 98 valence electrons. The molecule has 0 amide bonds. The molecule has 1 aromatic rings. The van der Waals surface area contributed by atoms with Crippen molar-refractivity contribution in [2.75, 3.05) is 4.43 Å². The average molecular weight is 354 g/mol. The van der Waals surface area contributed by atoms with Crippen molar-refractivity contribution in [1.82, 2.24) is 0 Å². The summed E-state index contributed by atoms with van der Waals surface area (Å²) < 4.78 is 1.18. The van der Waals surface area contributed by atoms with E-state index in [1.54, 1.807) is 16.7 Å². The monoisotopic (exact) mass is 354 g/mol. The maximum atomic E-state index is 2.56. The standard InChI is InChI=1S/C17H23I/c1-4-8-13-14-10-6-7-11-16(14)17(3,12-18)15(13)9-5-2/h6-7,10-11H,4-5,8-9,12H2,1-3H3. The number of rotatable bonds is 5. The molecule has 0 N–H and O–H groups in total. The molecule has 0 aromatic heterocycles. The molecule has 0 spiro atoms. The van der Waals surface area contributed by atoms with Crippen LogP contribution in [0.2, 0.25) is 0 Å². The van der Waals surface area contributed by atoms with Crippen LogP contribution in [-0.2, 0) is 5.41 Å². The zero-order valence-electron chi connectivity index (χ0n) is 11.7. The predicted octanol–water partition coefficient (Wildman–Crippen LogP) is 5.75. The number of benzene rings is 1. The molecule has 1 heteroatoms. The van der Waals surface area contributed by atoms with Gasteiger partial charge in [-0.15, -0.1) is 0 Å². The summed E-state index contributed by atoms with van der Waals surface area (Å²) in [6, 6.07) is 9.05. The van der Waals surface area contributed by atoms with Crippen LogP contribution in [0.4, 0.5) is 0 Å². The zero-order valence-corrected chi connectivity index (χ0v) is 13.9. The van der Waals surface area contributed by atoms with Crippen LogP contribution >= 0.6 is 22.6 Å². The normalized spacial score (nSPS) is 22.4. The molecular weight excluding hydrogens is 331 g/mol. The van der Waals surface area contributed by atoms with Crippen molar-refractivity contribution >= 4 is 28.2 Å². The van der Waals surface area contributed by atoms with Gasteiger partial charge >= 0.3 is 0 Å². The van der Waals surface area contributed by atoms with Crippen LogP contribution in [-0.4, -0.2) is 4.43 Å². The van der Waals surface area contributed by atoms with E-state index >= 15 is 0 Å². The van der Waals surface area contributed by atoms with Crippen LogP contribution in [0.5, 0.6) is 0 Å². The Morgan fingerprint density at radius 3 is 2.33 bits per heavy atom. The Bertz CT molecular complexity index is 458. The van der Waals surface area contributed by atoms with E-state index in [9.17, 15) is 0 Å². The largest absolute Gasteiger partial charge is 0.0851 e. The second kappa shape index (κ2) is 5.77. The molecule has 0 fully saturated rings. The van der Waals surface area contributed by atoms with Gasteiger partial charge < -0.3 is 0 Å². The van der Waals surface area contributed by atoms with Gasteiger partial charge in [-0.25, -0.2) is 0 Å². The number of fused-ring (bicyclic) bond motifs is 1. The minimum absolute atomic E-state index is 0.275. The molecule has 18 heavy (non-hydrogen) atoms. The minimum atomic E-state index is 0.275. The first-order valence-electron chi connectivity index (χ1n) is 7.07. The van der Waals surface area contributed by atoms with Crippen molar-refractivity contribution in [3.05, 3.63) is 41.0 Å². The molecular formula is C17H23I. The summed E-state index contributed by atoms with van der Waals surface area (Å²) in [6.07, 6.45) is 4.99. The molecule has 2 rings (SSSR count). The SMILES string of the molecule is CCCC1=C(CCC)C(C)(CI)c2ccccc21. The van der Waals surface area contributed by atoms with Gasteiger partial charge in [-0.05, 0) is 29.5 Å². The Hall–Kier alpha value is -0.310. The van der Waals surface area contributed by atoms with E-state index in [4.69, 9.17) is 0 Å². The third-order valence-corrected chi connectivity index (χ3v) is 5.67. The summed E-state index contributed by atoms with van der Waals surface area (Å²) in [6.45, 7) is 7.03. The Kier molecular flexibility index (Phi) is 4.52. The second-order valence-electron chi connectivity index (χ2n) is 5.47. The van der Waals surface area contributed by atoms with Gasteiger partial charge in [0.15, 0.2) is 0 Å². The maximum absolute atomic E-state index is 2.56. The molecule has 1 unspecified atom stereocenters. The summed E-state index contributed by atoms with van der Waals surface area (Å²) in [5.41, 5.74) is 6.72. The highest BCUT2D eigenvalue weighted by Crippen LogP contribution is 2.50. The van der Waals surface area contributed by atoms with Crippen molar-refractivity contribution in [1.29, 1.82) is 0 Å². The molecule has 0 nitrogen and oxygen atoms in total. The fourth-order valence-electron chi connectivity index (χ4n) is 3.25. The summed E-state index contributed by atoms with van der Waals surface area (Å²) in [5.74, 6) is 0. The lowest BCUT2D eigenvalue weighted by Gasteiger charge is -2.27. The van der Waals surface area contributed by atoms with Crippen molar-refractivity contribution in [3.8, 4) is 0 Å². The van der Waals surface area contributed by atoms with Gasteiger partial charge in [0.2, 0.25) is 0 Å². The van der Waals surface area contributed by atoms with E-state index in [0.717, 1.165) is 0 Å². The van der Waals surface area contributed by atoms with E-state index in [2.05, 4.69) is 67.6 Å². The van der Waals surface area contributed by atoms with Gasteiger partial charge in [0.25, 0.3) is 0 Å². The van der Waals surface area contributed by atoms with E-state index in [0.29, 0.717) is 0 Å². The number of allylic oxidation sites excluding steroid dienone is 2.